The van der Waals surface area contributed by atoms with E-state index in [1.165, 1.54) is 4.57 Å². The van der Waals surface area contributed by atoms with Crippen LogP contribution in [0.3, 0.4) is 0 Å². The fourth-order valence-electron chi connectivity index (χ4n) is 2.84. The lowest BCUT2D eigenvalue weighted by atomic mass is 9.88. The van der Waals surface area contributed by atoms with Crippen molar-refractivity contribution in [3.63, 3.8) is 0 Å². The Morgan fingerprint density at radius 1 is 1.19 bits per heavy atom. The summed E-state index contributed by atoms with van der Waals surface area (Å²) in [6, 6.07) is 5.57. The lowest BCUT2D eigenvalue weighted by molar-refractivity contribution is 0.0544. The van der Waals surface area contributed by atoms with Crippen molar-refractivity contribution in [1.82, 2.24) is 4.57 Å². The number of aryl methyl sites for hydroxylation is 1. The van der Waals surface area contributed by atoms with Crippen LogP contribution in [0.2, 0.25) is 0 Å². The number of nitrogens with zero attached hydrogens (tertiary/aromatic N) is 1. The molecule has 1 aliphatic rings. The first kappa shape index (κ1) is 13.9. The number of carbonyl (C=O) groups excluding carboxylic acids is 2. The summed E-state index contributed by atoms with van der Waals surface area (Å²) in [6.07, 6.45) is 3.71. The third-order valence-corrected chi connectivity index (χ3v) is 3.71. The number of benzene rings is 1. The topological polar surface area (TPSA) is 48.3 Å². The van der Waals surface area contributed by atoms with E-state index >= 15 is 0 Å². The minimum absolute atomic E-state index is 0.197. The Bertz CT molecular complexity index is 734. The quantitative estimate of drug-likeness (QED) is 0.736. The third-order valence-electron chi connectivity index (χ3n) is 3.71. The van der Waals surface area contributed by atoms with Crippen molar-refractivity contribution >= 4 is 22.8 Å². The molecule has 0 fully saturated rings. The summed E-state index contributed by atoms with van der Waals surface area (Å²) in [5, 5.41) is 0.978. The maximum absolute atomic E-state index is 12.2. The van der Waals surface area contributed by atoms with Gasteiger partial charge in [-0.3, -0.25) is 9.36 Å². The van der Waals surface area contributed by atoms with Gasteiger partial charge in [-0.25, -0.2) is 4.79 Å². The molecular weight excluding hydrogens is 266 g/mol. The van der Waals surface area contributed by atoms with E-state index in [0.29, 0.717) is 6.42 Å². The maximum atomic E-state index is 12.2. The minimum Gasteiger partial charge on any atom is -0.443 e. The van der Waals surface area contributed by atoms with E-state index in [1.54, 1.807) is 6.20 Å². The summed E-state index contributed by atoms with van der Waals surface area (Å²) in [6.45, 7) is 5.53. The molecular formula is C17H19NO3. The van der Waals surface area contributed by atoms with E-state index < -0.39 is 5.60 Å². The molecule has 0 aliphatic heterocycles. The highest BCUT2D eigenvalue weighted by Crippen LogP contribution is 2.30. The Labute approximate surface area is 123 Å². The van der Waals surface area contributed by atoms with Crippen LogP contribution in [0.5, 0.6) is 0 Å². The number of carbonyl (C=O) groups is 2. The van der Waals surface area contributed by atoms with Crippen molar-refractivity contribution < 1.29 is 14.3 Å². The molecule has 21 heavy (non-hydrogen) atoms. The number of ether oxygens (including phenoxy) is 1. The maximum Gasteiger partial charge on any atom is 0.418 e. The lowest BCUT2D eigenvalue weighted by Gasteiger charge is -2.20. The van der Waals surface area contributed by atoms with Gasteiger partial charge in [0.15, 0.2) is 5.78 Å². The van der Waals surface area contributed by atoms with E-state index in [2.05, 4.69) is 0 Å². The smallest absolute Gasteiger partial charge is 0.418 e. The molecule has 1 aliphatic carbocycles. The molecule has 0 atom stereocenters. The largest absolute Gasteiger partial charge is 0.443 e. The summed E-state index contributed by atoms with van der Waals surface area (Å²) in [7, 11) is 0. The summed E-state index contributed by atoms with van der Waals surface area (Å²) >= 11 is 0. The van der Waals surface area contributed by atoms with Gasteiger partial charge in [-0.1, -0.05) is 0 Å². The van der Waals surface area contributed by atoms with E-state index in [9.17, 15) is 9.59 Å². The van der Waals surface area contributed by atoms with Crippen molar-refractivity contribution in [2.45, 2.75) is 45.6 Å². The van der Waals surface area contributed by atoms with Gasteiger partial charge in [-0.15, -0.1) is 0 Å². The van der Waals surface area contributed by atoms with Crippen LogP contribution in [-0.2, 0) is 11.2 Å². The predicted molar refractivity (Wildman–Crippen MR) is 80.8 cm³/mol. The van der Waals surface area contributed by atoms with E-state index in [0.717, 1.165) is 34.9 Å². The van der Waals surface area contributed by atoms with Gasteiger partial charge in [0.05, 0.1) is 5.52 Å². The number of Topliss-reactive ketones (excluding diaryl/α,β-unsaturated/α-hetero) is 1. The van der Waals surface area contributed by atoms with Gasteiger partial charge in [0.2, 0.25) is 0 Å². The number of hydrogen-bond acceptors (Lipinski definition) is 3. The Morgan fingerprint density at radius 3 is 2.67 bits per heavy atom. The summed E-state index contributed by atoms with van der Waals surface area (Å²) in [5.41, 5.74) is 2.14. The number of aromatic nitrogens is 1. The second-order valence-corrected chi connectivity index (χ2v) is 6.47. The fourth-order valence-corrected chi connectivity index (χ4v) is 2.84. The average Bonchev–Trinajstić information content (AvgIpc) is 2.81. The van der Waals surface area contributed by atoms with Crippen LogP contribution in [-0.4, -0.2) is 22.0 Å². The molecule has 0 radical (unpaired) electrons. The van der Waals surface area contributed by atoms with Gasteiger partial charge in [0, 0.05) is 23.6 Å². The standard InChI is InChI=1S/C17H19NO3/c1-17(2,3)21-16(20)18-10-9-12-11-5-4-6-15(19)13(11)7-8-14(12)18/h7-10H,4-6H2,1-3H3. The lowest BCUT2D eigenvalue weighted by Crippen LogP contribution is -2.26. The number of ketones is 1. The molecule has 1 heterocycles. The minimum atomic E-state index is -0.530. The zero-order valence-electron chi connectivity index (χ0n) is 12.6. The van der Waals surface area contributed by atoms with E-state index in [1.807, 2.05) is 39.0 Å². The van der Waals surface area contributed by atoms with Crippen LogP contribution in [0.4, 0.5) is 4.79 Å². The van der Waals surface area contributed by atoms with Crippen LogP contribution in [0, 0.1) is 0 Å². The zero-order chi connectivity index (χ0) is 15.2. The van der Waals surface area contributed by atoms with Gasteiger partial charge in [0.25, 0.3) is 0 Å². The molecule has 110 valence electrons. The van der Waals surface area contributed by atoms with Crippen LogP contribution < -0.4 is 0 Å². The summed E-state index contributed by atoms with van der Waals surface area (Å²) < 4.78 is 6.93. The molecule has 0 unspecified atom stereocenters. The predicted octanol–water partition coefficient (Wildman–Crippen LogP) is 3.94. The Morgan fingerprint density at radius 2 is 1.95 bits per heavy atom. The Hall–Kier alpha value is -2.10. The fraction of sp³-hybridized carbons (Fsp3) is 0.412. The van der Waals surface area contributed by atoms with Crippen molar-refractivity contribution in [1.29, 1.82) is 0 Å². The second kappa shape index (κ2) is 4.72. The van der Waals surface area contributed by atoms with Crippen LogP contribution in [0.25, 0.3) is 10.9 Å². The van der Waals surface area contributed by atoms with Gasteiger partial charge in [0.1, 0.15) is 5.60 Å². The van der Waals surface area contributed by atoms with Crippen LogP contribution in [0.15, 0.2) is 24.4 Å². The summed E-state index contributed by atoms with van der Waals surface area (Å²) in [5.74, 6) is 0.197. The van der Waals surface area contributed by atoms with Gasteiger partial charge < -0.3 is 4.74 Å². The molecule has 0 N–H and O–H groups in total. The highest BCUT2D eigenvalue weighted by molar-refractivity contribution is 6.04. The molecule has 0 saturated carbocycles. The van der Waals surface area contributed by atoms with E-state index in [4.69, 9.17) is 4.74 Å². The molecule has 4 nitrogen and oxygen atoms in total. The third kappa shape index (κ3) is 2.46. The molecule has 0 spiro atoms. The molecule has 1 aromatic carbocycles. The van der Waals surface area contributed by atoms with Gasteiger partial charge in [-0.2, -0.15) is 0 Å². The van der Waals surface area contributed by atoms with Crippen molar-refractivity contribution in [3.8, 4) is 0 Å². The van der Waals surface area contributed by atoms with Crippen molar-refractivity contribution in [2.75, 3.05) is 0 Å². The first-order valence-corrected chi connectivity index (χ1v) is 7.26. The van der Waals surface area contributed by atoms with Crippen molar-refractivity contribution in [2.24, 2.45) is 0 Å². The highest BCUT2D eigenvalue weighted by Gasteiger charge is 2.23. The average molecular weight is 285 g/mol. The molecule has 2 aromatic rings. The number of rotatable bonds is 0. The van der Waals surface area contributed by atoms with E-state index in [-0.39, 0.29) is 11.9 Å². The molecule has 0 amide bonds. The molecule has 1 aromatic heterocycles. The molecule has 0 bridgehead atoms. The zero-order valence-corrected chi connectivity index (χ0v) is 12.6. The normalized spacial score (nSPS) is 15.1. The molecule has 3 rings (SSSR count). The Balaban J connectivity index is 2.08. The SMILES string of the molecule is CC(C)(C)OC(=O)n1ccc2c3c(ccc21)C(=O)CCC3. The highest BCUT2D eigenvalue weighted by atomic mass is 16.6. The van der Waals surface area contributed by atoms with Gasteiger partial charge in [-0.05, 0) is 57.4 Å². The second-order valence-electron chi connectivity index (χ2n) is 6.47. The van der Waals surface area contributed by atoms with Crippen molar-refractivity contribution in [3.05, 3.63) is 35.5 Å². The monoisotopic (exact) mass is 285 g/mol. The number of hydrogen-bond donors (Lipinski definition) is 0. The van der Waals surface area contributed by atoms with Gasteiger partial charge >= 0.3 is 6.09 Å². The summed E-state index contributed by atoms with van der Waals surface area (Å²) in [4.78, 5) is 24.2. The van der Waals surface area contributed by atoms with Crippen LogP contribution >= 0.6 is 0 Å². The molecule has 0 saturated heterocycles. The van der Waals surface area contributed by atoms with Crippen LogP contribution in [0.1, 0.15) is 49.5 Å². The Kier molecular flexibility index (Phi) is 3.12. The first-order valence-electron chi connectivity index (χ1n) is 7.26. The molecule has 4 heteroatoms. The first-order chi connectivity index (χ1) is 9.87. The number of fused-ring (bicyclic) bond motifs is 3.